The molecule has 2 aromatic rings. The van der Waals surface area contributed by atoms with E-state index in [-0.39, 0.29) is 17.7 Å². The predicted molar refractivity (Wildman–Crippen MR) is 102 cm³/mol. The predicted octanol–water partition coefficient (Wildman–Crippen LogP) is -1.17. The highest BCUT2D eigenvalue weighted by atomic mass is 16.8. The van der Waals surface area contributed by atoms with Gasteiger partial charge in [0.25, 0.3) is 11.8 Å². The van der Waals surface area contributed by atoms with Crippen molar-refractivity contribution in [2.75, 3.05) is 6.61 Å². The van der Waals surface area contributed by atoms with Gasteiger partial charge in [-0.05, 0) is 12.8 Å². The number of nitrogens with zero attached hydrogens (tertiary/aromatic N) is 4. The summed E-state index contributed by atoms with van der Waals surface area (Å²) in [6, 6.07) is 0. The fourth-order valence-electron chi connectivity index (χ4n) is 3.34. The molecule has 0 spiro atoms. The molecule has 2 aromatic heterocycles. The molecule has 3 heterocycles. The van der Waals surface area contributed by atoms with Crippen LogP contribution in [-0.2, 0) is 17.8 Å². The number of unbranched alkanes of at least 4 members (excludes halogenated alkanes) is 2. The summed E-state index contributed by atoms with van der Waals surface area (Å²) in [6.07, 6.45) is -0.748. The average molecular weight is 412 g/mol. The summed E-state index contributed by atoms with van der Waals surface area (Å²) in [5, 5.41) is 29.2. The number of aliphatic hydroxyl groups excluding tert-OH is 3. The SMILES string of the molecule is CCCCn1c(=O)c2c(ncn2OC2O[C@H](CO)[C@@H](O)[C@H]2O)n(CCCC)c1=O. The number of hydrogen-bond acceptors (Lipinski definition) is 8. The molecule has 0 amide bonds. The van der Waals surface area contributed by atoms with Crippen molar-refractivity contribution in [3.05, 3.63) is 27.2 Å². The van der Waals surface area contributed by atoms with Crippen molar-refractivity contribution in [2.24, 2.45) is 0 Å². The highest BCUT2D eigenvalue weighted by Crippen LogP contribution is 2.21. The van der Waals surface area contributed by atoms with Crippen molar-refractivity contribution in [3.63, 3.8) is 0 Å². The maximum absolute atomic E-state index is 13.0. The summed E-state index contributed by atoms with van der Waals surface area (Å²) in [7, 11) is 0. The number of aromatic nitrogens is 4. The topological polar surface area (TPSA) is 141 Å². The molecule has 1 aliphatic heterocycles. The third-order valence-electron chi connectivity index (χ3n) is 5.07. The van der Waals surface area contributed by atoms with Gasteiger partial charge in [0.1, 0.15) is 24.6 Å². The quantitative estimate of drug-likeness (QED) is 0.468. The second-order valence-electron chi connectivity index (χ2n) is 7.15. The molecular weight excluding hydrogens is 384 g/mol. The third-order valence-corrected chi connectivity index (χ3v) is 5.07. The zero-order valence-corrected chi connectivity index (χ0v) is 16.6. The second kappa shape index (κ2) is 9.08. The van der Waals surface area contributed by atoms with Crippen LogP contribution in [-0.4, -0.2) is 65.4 Å². The van der Waals surface area contributed by atoms with E-state index in [4.69, 9.17) is 9.57 Å². The average Bonchev–Trinajstić information content (AvgIpc) is 3.24. The summed E-state index contributed by atoms with van der Waals surface area (Å²) < 4.78 is 8.99. The number of hydrogen-bond donors (Lipinski definition) is 3. The van der Waals surface area contributed by atoms with Gasteiger partial charge < -0.3 is 24.9 Å². The molecule has 0 aliphatic carbocycles. The molecule has 3 N–H and O–H groups in total. The number of fused-ring (bicyclic) bond motifs is 1. The van der Waals surface area contributed by atoms with Gasteiger partial charge in [-0.25, -0.2) is 9.78 Å². The highest BCUT2D eigenvalue weighted by molar-refractivity contribution is 5.69. The Bertz CT molecular complexity index is 950. The Balaban J connectivity index is 2.05. The van der Waals surface area contributed by atoms with Crippen molar-refractivity contribution in [1.29, 1.82) is 0 Å². The first-order valence-electron chi connectivity index (χ1n) is 9.94. The van der Waals surface area contributed by atoms with Crippen LogP contribution in [0.1, 0.15) is 39.5 Å². The summed E-state index contributed by atoms with van der Waals surface area (Å²) in [4.78, 5) is 35.6. The van der Waals surface area contributed by atoms with Gasteiger partial charge in [0, 0.05) is 13.1 Å². The van der Waals surface area contributed by atoms with E-state index in [1.165, 1.54) is 15.5 Å². The largest absolute Gasteiger partial charge is 0.394 e. The van der Waals surface area contributed by atoms with Gasteiger partial charge in [-0.15, -0.1) is 0 Å². The van der Waals surface area contributed by atoms with E-state index in [0.717, 1.165) is 24.0 Å². The Hall–Kier alpha value is -2.21. The lowest BCUT2D eigenvalue weighted by Gasteiger charge is -2.17. The molecule has 11 heteroatoms. The fourth-order valence-corrected chi connectivity index (χ4v) is 3.34. The molecule has 4 atom stereocenters. The van der Waals surface area contributed by atoms with E-state index >= 15 is 0 Å². The van der Waals surface area contributed by atoms with Gasteiger partial charge in [-0.1, -0.05) is 26.7 Å². The fraction of sp³-hybridized carbons (Fsp3) is 0.722. The maximum atomic E-state index is 13.0. The molecular formula is C18H28N4O7. The first-order valence-corrected chi connectivity index (χ1v) is 9.94. The Kier molecular flexibility index (Phi) is 6.73. The molecule has 1 unspecified atom stereocenters. The Morgan fingerprint density at radius 1 is 1.10 bits per heavy atom. The molecule has 11 nitrogen and oxygen atoms in total. The van der Waals surface area contributed by atoms with Crippen LogP contribution in [0.2, 0.25) is 0 Å². The minimum Gasteiger partial charge on any atom is -0.394 e. The van der Waals surface area contributed by atoms with E-state index in [2.05, 4.69) is 4.98 Å². The van der Waals surface area contributed by atoms with Crippen LogP contribution < -0.4 is 16.1 Å². The molecule has 1 saturated heterocycles. The van der Waals surface area contributed by atoms with Crippen molar-refractivity contribution >= 4 is 11.2 Å². The number of aliphatic hydroxyl groups is 3. The number of imidazole rings is 1. The van der Waals surface area contributed by atoms with Crippen LogP contribution in [0.15, 0.2) is 15.9 Å². The van der Waals surface area contributed by atoms with E-state index < -0.39 is 42.5 Å². The van der Waals surface area contributed by atoms with Crippen LogP contribution in [0.25, 0.3) is 11.2 Å². The van der Waals surface area contributed by atoms with Gasteiger partial charge in [0.05, 0.1) is 6.61 Å². The minimum atomic E-state index is -1.42. The molecule has 162 valence electrons. The number of ether oxygens (including phenoxy) is 1. The number of aryl methyl sites for hydroxylation is 1. The lowest BCUT2D eigenvalue weighted by molar-refractivity contribution is -0.168. The Morgan fingerprint density at radius 2 is 1.76 bits per heavy atom. The van der Waals surface area contributed by atoms with Crippen LogP contribution in [0.3, 0.4) is 0 Å². The highest BCUT2D eigenvalue weighted by Gasteiger charge is 2.44. The monoisotopic (exact) mass is 412 g/mol. The zero-order chi connectivity index (χ0) is 21.1. The van der Waals surface area contributed by atoms with Gasteiger partial charge in [-0.3, -0.25) is 13.9 Å². The van der Waals surface area contributed by atoms with Crippen LogP contribution in [0.5, 0.6) is 0 Å². The Morgan fingerprint density at radius 3 is 2.34 bits per heavy atom. The summed E-state index contributed by atoms with van der Waals surface area (Å²) in [6.45, 7) is 4.15. The van der Waals surface area contributed by atoms with Crippen molar-refractivity contribution in [3.8, 4) is 0 Å². The lowest BCUT2D eigenvalue weighted by atomic mass is 10.1. The van der Waals surface area contributed by atoms with Gasteiger partial charge in [0.2, 0.25) is 0 Å². The van der Waals surface area contributed by atoms with Crippen molar-refractivity contribution < 1.29 is 24.9 Å². The molecule has 0 bridgehead atoms. The normalized spacial score (nSPS) is 24.4. The molecule has 3 rings (SSSR count). The summed E-state index contributed by atoms with van der Waals surface area (Å²) in [5.41, 5.74) is -0.722. The minimum absolute atomic E-state index is 0.0505. The molecule has 29 heavy (non-hydrogen) atoms. The molecule has 0 aromatic carbocycles. The van der Waals surface area contributed by atoms with E-state index in [1.54, 1.807) is 0 Å². The molecule has 0 radical (unpaired) electrons. The van der Waals surface area contributed by atoms with Crippen molar-refractivity contribution in [2.45, 2.75) is 77.2 Å². The molecule has 0 saturated carbocycles. The molecule has 1 fully saturated rings. The van der Waals surface area contributed by atoms with E-state index in [0.29, 0.717) is 13.0 Å². The van der Waals surface area contributed by atoms with E-state index in [1.807, 2.05) is 13.8 Å². The third kappa shape index (κ3) is 3.95. The van der Waals surface area contributed by atoms with Crippen LogP contribution in [0, 0.1) is 0 Å². The first kappa shape index (κ1) is 21.5. The van der Waals surface area contributed by atoms with E-state index in [9.17, 15) is 24.9 Å². The van der Waals surface area contributed by atoms with Crippen molar-refractivity contribution in [1.82, 2.24) is 18.8 Å². The zero-order valence-electron chi connectivity index (χ0n) is 16.6. The summed E-state index contributed by atoms with van der Waals surface area (Å²) in [5.74, 6) is 0. The lowest BCUT2D eigenvalue weighted by Crippen LogP contribution is -2.42. The van der Waals surface area contributed by atoms with Gasteiger partial charge in [0.15, 0.2) is 11.2 Å². The van der Waals surface area contributed by atoms with Gasteiger partial charge in [-0.2, -0.15) is 4.73 Å². The maximum Gasteiger partial charge on any atom is 0.332 e. The summed E-state index contributed by atoms with van der Waals surface area (Å²) >= 11 is 0. The van der Waals surface area contributed by atoms with Gasteiger partial charge >= 0.3 is 5.69 Å². The number of rotatable bonds is 9. The Labute approximate surface area is 166 Å². The first-order chi connectivity index (χ1) is 13.9. The van der Waals surface area contributed by atoms with Crippen LogP contribution in [0.4, 0.5) is 0 Å². The smallest absolute Gasteiger partial charge is 0.332 e. The molecule has 1 aliphatic rings. The van der Waals surface area contributed by atoms with Crippen LogP contribution >= 0.6 is 0 Å². The standard InChI is InChI=1S/C18H28N4O7/c1-3-5-7-20-15-12(16(26)21(18(20)27)8-6-4-2)22(10-19-15)29-17-14(25)13(24)11(9-23)28-17/h10-11,13-14,17,23-25H,3-9H2,1-2H3/t11-,13-,14-,17?/m1/s1. The second-order valence-corrected chi connectivity index (χ2v) is 7.15.